The van der Waals surface area contributed by atoms with Crippen LogP contribution in [-0.4, -0.2) is 17.1 Å². The number of halogens is 3. The van der Waals surface area contributed by atoms with E-state index in [0.29, 0.717) is 17.1 Å². The first-order valence-corrected chi connectivity index (χ1v) is 8.00. The number of hydrogen-bond donors (Lipinski definition) is 2. The molecule has 0 atom stereocenters. The number of aliphatic hydroxyl groups excluding tert-OH is 1. The zero-order valence-electron chi connectivity index (χ0n) is 14.1. The molecule has 0 unspecified atom stereocenters. The summed E-state index contributed by atoms with van der Waals surface area (Å²) in [5.41, 5.74) is 5.06. The Balaban J connectivity index is 1.83. The van der Waals surface area contributed by atoms with Crippen LogP contribution in [0.3, 0.4) is 0 Å². The van der Waals surface area contributed by atoms with Crippen molar-refractivity contribution >= 4 is 17.1 Å². The number of alkyl halides is 3. The van der Waals surface area contributed by atoms with Gasteiger partial charge in [0.05, 0.1) is 16.9 Å². The number of benzene rings is 2. The van der Waals surface area contributed by atoms with Crippen LogP contribution in [0.4, 0.5) is 18.9 Å². The summed E-state index contributed by atoms with van der Waals surface area (Å²) in [6, 6.07) is 12.4. The van der Waals surface area contributed by atoms with Gasteiger partial charge in [0.25, 0.3) is 0 Å². The summed E-state index contributed by atoms with van der Waals surface area (Å²) in [4.78, 5) is 1.87. The van der Waals surface area contributed by atoms with E-state index >= 15 is 0 Å². The van der Waals surface area contributed by atoms with Gasteiger partial charge in [-0.2, -0.15) is 13.2 Å². The molecule has 0 radical (unpaired) electrons. The summed E-state index contributed by atoms with van der Waals surface area (Å²) < 4.78 is 38.3. The van der Waals surface area contributed by atoms with Gasteiger partial charge in [-0.25, -0.2) is 5.01 Å². The summed E-state index contributed by atoms with van der Waals surface area (Å²) in [6.45, 7) is 1.96. The van der Waals surface area contributed by atoms with Crippen LogP contribution < -0.4 is 20.9 Å². The maximum atomic E-state index is 12.8. The Labute approximate surface area is 147 Å². The molecule has 0 aromatic heterocycles. The van der Waals surface area contributed by atoms with E-state index in [9.17, 15) is 18.3 Å². The molecule has 2 N–H and O–H groups in total. The lowest BCUT2D eigenvalue weighted by molar-refractivity contribution is -0.137. The number of aliphatic hydroxyl groups is 1. The maximum absolute atomic E-state index is 12.8. The predicted molar refractivity (Wildman–Crippen MR) is 92.7 cm³/mol. The maximum Gasteiger partial charge on any atom is 0.416 e. The highest BCUT2D eigenvalue weighted by Gasteiger charge is 2.34. The third kappa shape index (κ3) is 2.31. The number of hydrogen-bond acceptors (Lipinski definition) is 4. The van der Waals surface area contributed by atoms with Gasteiger partial charge in [0.2, 0.25) is 5.88 Å². The Morgan fingerprint density at radius 2 is 1.58 bits per heavy atom. The summed E-state index contributed by atoms with van der Waals surface area (Å²) in [6.07, 6.45) is -4.40. The number of anilines is 1. The molecule has 7 heteroatoms. The molecule has 0 saturated heterocycles. The van der Waals surface area contributed by atoms with E-state index in [-0.39, 0.29) is 5.88 Å². The van der Waals surface area contributed by atoms with Crippen molar-refractivity contribution in [2.75, 3.05) is 12.1 Å². The number of rotatable bonds is 1. The molecule has 2 aliphatic heterocycles. The number of nitrogens with zero attached hydrogens (tertiary/aromatic N) is 2. The van der Waals surface area contributed by atoms with E-state index in [1.807, 2.05) is 43.1 Å². The molecule has 4 nitrogen and oxygen atoms in total. The number of likely N-dealkylation sites (N-methyl/N-ethyl adjacent to an activating group) is 1. The SMILES string of the molecule is CC1=c2ccccc2=C2NN(c3ccc(C(F)(F)F)cc3)C(O)=C2N1C. The molecule has 2 heterocycles. The molecule has 134 valence electrons. The molecule has 0 fully saturated rings. The third-order valence-electron chi connectivity index (χ3n) is 4.76. The number of hydrazine groups is 1. The first-order valence-electron chi connectivity index (χ1n) is 8.00. The summed E-state index contributed by atoms with van der Waals surface area (Å²) in [5, 5.41) is 14.1. The smallest absolute Gasteiger partial charge is 0.416 e. The zero-order chi connectivity index (χ0) is 18.6. The first kappa shape index (κ1) is 16.4. The number of fused-ring (bicyclic) bond motifs is 2. The molecule has 0 saturated carbocycles. The highest BCUT2D eigenvalue weighted by atomic mass is 19.4. The number of nitrogens with one attached hydrogen (secondary N) is 1. The summed E-state index contributed by atoms with van der Waals surface area (Å²) in [5.74, 6) is -0.0592. The molecule has 2 aromatic rings. The molecule has 4 rings (SSSR count). The van der Waals surface area contributed by atoms with Gasteiger partial charge in [0.1, 0.15) is 5.70 Å². The highest BCUT2D eigenvalue weighted by molar-refractivity contribution is 5.77. The van der Waals surface area contributed by atoms with E-state index in [4.69, 9.17) is 0 Å². The third-order valence-corrected chi connectivity index (χ3v) is 4.76. The van der Waals surface area contributed by atoms with Gasteiger partial charge in [0, 0.05) is 23.2 Å². The topological polar surface area (TPSA) is 38.7 Å². The van der Waals surface area contributed by atoms with E-state index < -0.39 is 11.7 Å². The van der Waals surface area contributed by atoms with Crippen LogP contribution in [0, 0.1) is 0 Å². The highest BCUT2D eigenvalue weighted by Crippen LogP contribution is 2.34. The van der Waals surface area contributed by atoms with E-state index in [0.717, 1.165) is 28.3 Å². The van der Waals surface area contributed by atoms with Crippen molar-refractivity contribution in [1.82, 2.24) is 10.3 Å². The lowest BCUT2D eigenvalue weighted by atomic mass is 10.1. The van der Waals surface area contributed by atoms with Gasteiger partial charge in [0.15, 0.2) is 0 Å². The van der Waals surface area contributed by atoms with Crippen molar-refractivity contribution in [3.05, 3.63) is 76.1 Å². The quantitative estimate of drug-likeness (QED) is 0.821. The Morgan fingerprint density at radius 3 is 2.19 bits per heavy atom. The molecule has 2 aliphatic rings. The van der Waals surface area contributed by atoms with Crippen molar-refractivity contribution in [3.63, 3.8) is 0 Å². The molecular weight excluding hydrogens is 343 g/mol. The molecule has 0 bridgehead atoms. The van der Waals surface area contributed by atoms with Gasteiger partial charge in [-0.15, -0.1) is 0 Å². The molecule has 0 amide bonds. The van der Waals surface area contributed by atoms with Gasteiger partial charge in [-0.1, -0.05) is 24.3 Å². The normalized spacial score (nSPS) is 16.7. The van der Waals surface area contributed by atoms with E-state index in [1.165, 1.54) is 17.1 Å². The Hall–Kier alpha value is -3.09. The molecule has 2 aromatic carbocycles. The second-order valence-electron chi connectivity index (χ2n) is 6.23. The average molecular weight is 359 g/mol. The standard InChI is InChI=1S/C19H16F3N3O/c1-11-14-5-3-4-6-15(14)16-17(24(11)2)18(26)25(23-16)13-9-7-12(8-10-13)19(20,21)22/h3-10,23,26H,1-2H3. The van der Waals surface area contributed by atoms with Crippen molar-refractivity contribution in [2.45, 2.75) is 13.1 Å². The first-order chi connectivity index (χ1) is 12.3. The largest absolute Gasteiger partial charge is 0.492 e. The Bertz CT molecular complexity index is 1040. The molecule has 26 heavy (non-hydrogen) atoms. The predicted octanol–water partition coefficient (Wildman–Crippen LogP) is 2.64. The molecule has 0 spiro atoms. The van der Waals surface area contributed by atoms with Gasteiger partial charge in [-0.3, -0.25) is 5.43 Å². The van der Waals surface area contributed by atoms with Crippen molar-refractivity contribution in [1.29, 1.82) is 0 Å². The summed E-state index contributed by atoms with van der Waals surface area (Å²) in [7, 11) is 1.84. The van der Waals surface area contributed by atoms with Crippen LogP contribution in [0.5, 0.6) is 0 Å². The van der Waals surface area contributed by atoms with E-state index in [2.05, 4.69) is 5.43 Å². The van der Waals surface area contributed by atoms with Gasteiger partial charge in [-0.05, 0) is 31.2 Å². The lowest BCUT2D eigenvalue weighted by Gasteiger charge is -2.25. The van der Waals surface area contributed by atoms with Crippen LogP contribution >= 0.6 is 0 Å². The lowest BCUT2D eigenvalue weighted by Crippen LogP contribution is -2.42. The minimum absolute atomic E-state index is 0.0592. The minimum Gasteiger partial charge on any atom is -0.492 e. The van der Waals surface area contributed by atoms with Crippen LogP contribution in [0.15, 0.2) is 60.1 Å². The Morgan fingerprint density at radius 1 is 0.962 bits per heavy atom. The van der Waals surface area contributed by atoms with Crippen LogP contribution in [0.2, 0.25) is 0 Å². The van der Waals surface area contributed by atoms with Crippen molar-refractivity contribution in [3.8, 4) is 0 Å². The fourth-order valence-electron chi connectivity index (χ4n) is 3.29. The fraction of sp³-hybridized carbons (Fsp3) is 0.158. The molecule has 0 aliphatic carbocycles. The van der Waals surface area contributed by atoms with Crippen molar-refractivity contribution in [2.24, 2.45) is 0 Å². The molecular formula is C19H16F3N3O. The van der Waals surface area contributed by atoms with Crippen LogP contribution in [0.1, 0.15) is 12.5 Å². The second kappa shape index (κ2) is 5.45. The monoisotopic (exact) mass is 359 g/mol. The zero-order valence-corrected chi connectivity index (χ0v) is 14.1. The van der Waals surface area contributed by atoms with Gasteiger partial charge >= 0.3 is 6.18 Å². The summed E-state index contributed by atoms with van der Waals surface area (Å²) >= 11 is 0. The van der Waals surface area contributed by atoms with Crippen molar-refractivity contribution < 1.29 is 18.3 Å². The fourth-order valence-corrected chi connectivity index (χ4v) is 3.29. The minimum atomic E-state index is -4.40. The van der Waals surface area contributed by atoms with Gasteiger partial charge < -0.3 is 10.0 Å². The Kier molecular flexibility index (Phi) is 3.44. The van der Waals surface area contributed by atoms with Crippen LogP contribution in [0.25, 0.3) is 11.4 Å². The van der Waals surface area contributed by atoms with Crippen LogP contribution in [-0.2, 0) is 6.18 Å². The van der Waals surface area contributed by atoms with E-state index in [1.54, 1.807) is 0 Å². The average Bonchev–Trinajstić information content (AvgIpc) is 2.97. The second-order valence-corrected chi connectivity index (χ2v) is 6.23.